The summed E-state index contributed by atoms with van der Waals surface area (Å²) in [6.07, 6.45) is 2.54. The van der Waals surface area contributed by atoms with Gasteiger partial charge in [0.1, 0.15) is 6.29 Å². The summed E-state index contributed by atoms with van der Waals surface area (Å²) < 4.78 is 0.935. The molecule has 0 radical (unpaired) electrons. The van der Waals surface area contributed by atoms with E-state index < -0.39 is 0 Å². The van der Waals surface area contributed by atoms with Crippen LogP contribution in [-0.2, 0) is 0 Å². The number of carbonyl (C=O) groups is 1. The molecule has 0 unspecified atom stereocenters. The van der Waals surface area contributed by atoms with E-state index in [1.54, 1.807) is 0 Å². The Morgan fingerprint density at radius 1 is 1.53 bits per heavy atom. The van der Waals surface area contributed by atoms with Crippen LogP contribution >= 0.6 is 15.9 Å². The van der Waals surface area contributed by atoms with Crippen LogP contribution in [0, 0.1) is 5.92 Å². The molecule has 1 aromatic rings. The lowest BCUT2D eigenvalue weighted by Gasteiger charge is -2.35. The molecule has 0 amide bonds. The summed E-state index contributed by atoms with van der Waals surface area (Å²) in [4.78, 5) is 12.8. The minimum Gasteiger partial charge on any atom is -0.393 e. The largest absolute Gasteiger partial charge is 0.393 e. The molecule has 1 saturated carbocycles. The van der Waals surface area contributed by atoms with Crippen molar-refractivity contribution in [1.29, 1.82) is 0 Å². The maximum Gasteiger partial charge on any atom is 0.150 e. The Hall–Kier alpha value is -0.870. The van der Waals surface area contributed by atoms with E-state index in [0.29, 0.717) is 11.5 Å². The normalized spacial score (nSPS) is 23.0. The Morgan fingerprint density at radius 3 is 2.76 bits per heavy atom. The van der Waals surface area contributed by atoms with Gasteiger partial charge in [0.2, 0.25) is 0 Å². The summed E-state index contributed by atoms with van der Waals surface area (Å²) >= 11 is 3.48. The van der Waals surface area contributed by atoms with E-state index in [2.05, 4.69) is 20.8 Å². The molecular formula is C13H16BrNO2. The second-order valence-corrected chi connectivity index (χ2v) is 5.55. The molecule has 0 atom stereocenters. The van der Waals surface area contributed by atoms with Gasteiger partial charge in [-0.15, -0.1) is 0 Å². The van der Waals surface area contributed by atoms with Crippen LogP contribution in [0.15, 0.2) is 22.7 Å². The molecular weight excluding hydrogens is 282 g/mol. The van der Waals surface area contributed by atoms with E-state index in [4.69, 9.17) is 0 Å². The van der Waals surface area contributed by atoms with E-state index in [0.717, 1.165) is 35.8 Å². The van der Waals surface area contributed by atoms with Gasteiger partial charge >= 0.3 is 0 Å². The first-order chi connectivity index (χ1) is 8.10. The quantitative estimate of drug-likeness (QED) is 0.868. The van der Waals surface area contributed by atoms with Gasteiger partial charge in [-0.1, -0.05) is 0 Å². The molecule has 4 heteroatoms. The van der Waals surface area contributed by atoms with Gasteiger partial charge < -0.3 is 10.0 Å². The average Bonchev–Trinajstić information content (AvgIpc) is 2.26. The van der Waals surface area contributed by atoms with Crippen molar-refractivity contribution in [2.24, 2.45) is 5.92 Å². The van der Waals surface area contributed by atoms with Crippen LogP contribution in [-0.4, -0.2) is 31.1 Å². The third-order valence-electron chi connectivity index (χ3n) is 3.26. The second-order valence-electron chi connectivity index (χ2n) is 4.70. The highest BCUT2D eigenvalue weighted by molar-refractivity contribution is 9.10. The molecule has 0 heterocycles. The number of aldehydes is 1. The second kappa shape index (κ2) is 5.19. The van der Waals surface area contributed by atoms with Crippen LogP contribution in [0.3, 0.4) is 0 Å². The predicted octanol–water partition coefficient (Wildman–Crippen LogP) is 2.47. The van der Waals surface area contributed by atoms with Crippen molar-refractivity contribution < 1.29 is 9.90 Å². The van der Waals surface area contributed by atoms with Crippen molar-refractivity contribution in [3.05, 3.63) is 28.2 Å². The predicted molar refractivity (Wildman–Crippen MR) is 71.5 cm³/mol. The van der Waals surface area contributed by atoms with E-state index in [9.17, 15) is 9.90 Å². The molecule has 3 nitrogen and oxygen atoms in total. The monoisotopic (exact) mass is 297 g/mol. The zero-order chi connectivity index (χ0) is 12.4. The molecule has 1 aliphatic rings. The molecule has 17 heavy (non-hydrogen) atoms. The van der Waals surface area contributed by atoms with Crippen LogP contribution in [0.4, 0.5) is 5.69 Å². The van der Waals surface area contributed by atoms with Gasteiger partial charge in [-0.05, 0) is 52.9 Å². The molecule has 0 aromatic heterocycles. The number of halogens is 1. The number of anilines is 1. The third kappa shape index (κ3) is 2.87. The number of aliphatic hydroxyl groups excluding tert-OH is 1. The lowest BCUT2D eigenvalue weighted by Crippen LogP contribution is -2.37. The third-order valence-corrected chi connectivity index (χ3v) is 3.90. The Morgan fingerprint density at radius 2 is 2.24 bits per heavy atom. The van der Waals surface area contributed by atoms with Crippen molar-refractivity contribution in [3.63, 3.8) is 0 Å². The zero-order valence-electron chi connectivity index (χ0n) is 9.77. The number of nitrogens with zero attached hydrogens (tertiary/aromatic N) is 1. The number of benzene rings is 1. The number of aliphatic hydroxyl groups is 1. The van der Waals surface area contributed by atoms with Crippen molar-refractivity contribution in [3.8, 4) is 0 Å². The lowest BCUT2D eigenvalue weighted by atomic mass is 9.82. The van der Waals surface area contributed by atoms with E-state index in [1.165, 1.54) is 0 Å². The van der Waals surface area contributed by atoms with Gasteiger partial charge in [0.25, 0.3) is 0 Å². The Labute approximate surface area is 110 Å². The van der Waals surface area contributed by atoms with Crippen molar-refractivity contribution in [1.82, 2.24) is 0 Å². The van der Waals surface area contributed by atoms with Gasteiger partial charge in [-0.2, -0.15) is 0 Å². The summed E-state index contributed by atoms with van der Waals surface area (Å²) in [6, 6.07) is 5.59. The number of hydrogen-bond acceptors (Lipinski definition) is 3. The highest BCUT2D eigenvalue weighted by Gasteiger charge is 2.28. The average molecular weight is 298 g/mol. The van der Waals surface area contributed by atoms with Crippen LogP contribution in [0.5, 0.6) is 0 Å². The topological polar surface area (TPSA) is 40.5 Å². The van der Waals surface area contributed by atoms with Crippen LogP contribution < -0.4 is 4.90 Å². The summed E-state index contributed by atoms with van der Waals surface area (Å²) in [6.45, 7) is 0.941. The first-order valence-corrected chi connectivity index (χ1v) is 6.53. The molecule has 92 valence electrons. The standard InChI is InChI=1S/C13H16BrNO2/c1-15(7-10-4-11(17)5-10)13-3-2-9(8-16)6-12(13)14/h2-3,6,8,10-11,17H,4-5,7H2,1H3. The van der Waals surface area contributed by atoms with Gasteiger partial charge in [0, 0.05) is 23.6 Å². The fraction of sp³-hybridized carbons (Fsp3) is 0.462. The molecule has 1 aliphatic carbocycles. The minimum absolute atomic E-state index is 0.103. The van der Waals surface area contributed by atoms with E-state index in [-0.39, 0.29) is 6.10 Å². The first-order valence-electron chi connectivity index (χ1n) is 5.74. The van der Waals surface area contributed by atoms with Gasteiger partial charge in [0.05, 0.1) is 11.8 Å². The van der Waals surface area contributed by atoms with Crippen molar-refractivity contribution in [2.75, 3.05) is 18.5 Å². The molecule has 0 bridgehead atoms. The summed E-state index contributed by atoms with van der Waals surface area (Å²) in [5.74, 6) is 0.577. The Bertz CT molecular complexity index is 416. The van der Waals surface area contributed by atoms with Crippen LogP contribution in [0.2, 0.25) is 0 Å². The fourth-order valence-electron chi connectivity index (χ4n) is 2.24. The summed E-state index contributed by atoms with van der Waals surface area (Å²) in [5, 5.41) is 9.26. The van der Waals surface area contributed by atoms with E-state index in [1.807, 2.05) is 25.2 Å². The Kier molecular flexibility index (Phi) is 3.84. The molecule has 0 saturated heterocycles. The highest BCUT2D eigenvalue weighted by Crippen LogP contribution is 2.31. The van der Waals surface area contributed by atoms with Gasteiger partial charge in [-0.25, -0.2) is 0 Å². The molecule has 0 spiro atoms. The maximum absolute atomic E-state index is 10.6. The van der Waals surface area contributed by atoms with Crippen molar-refractivity contribution >= 4 is 27.9 Å². The Balaban J connectivity index is 2.03. The summed E-state index contributed by atoms with van der Waals surface area (Å²) in [5.41, 5.74) is 1.75. The zero-order valence-corrected chi connectivity index (χ0v) is 11.4. The van der Waals surface area contributed by atoms with Gasteiger partial charge in [0.15, 0.2) is 0 Å². The SMILES string of the molecule is CN(CC1CC(O)C1)c1ccc(C=O)cc1Br. The van der Waals surface area contributed by atoms with Crippen LogP contribution in [0.1, 0.15) is 23.2 Å². The van der Waals surface area contributed by atoms with E-state index >= 15 is 0 Å². The smallest absolute Gasteiger partial charge is 0.150 e. The molecule has 1 aromatic carbocycles. The maximum atomic E-state index is 10.6. The number of rotatable bonds is 4. The first kappa shape index (κ1) is 12.6. The number of hydrogen-bond donors (Lipinski definition) is 1. The summed E-state index contributed by atoms with van der Waals surface area (Å²) in [7, 11) is 2.03. The van der Waals surface area contributed by atoms with Crippen molar-refractivity contribution in [2.45, 2.75) is 18.9 Å². The minimum atomic E-state index is -0.103. The number of carbonyl (C=O) groups excluding carboxylic acids is 1. The highest BCUT2D eigenvalue weighted by atomic mass is 79.9. The molecule has 2 rings (SSSR count). The fourth-order valence-corrected chi connectivity index (χ4v) is 2.94. The molecule has 1 N–H and O–H groups in total. The van der Waals surface area contributed by atoms with Gasteiger partial charge in [-0.3, -0.25) is 4.79 Å². The molecule has 1 fully saturated rings. The van der Waals surface area contributed by atoms with Crippen LogP contribution in [0.25, 0.3) is 0 Å². The lowest BCUT2D eigenvalue weighted by molar-refractivity contribution is 0.0464. The molecule has 0 aliphatic heterocycles.